The van der Waals surface area contributed by atoms with Gasteiger partial charge in [-0.2, -0.15) is 0 Å². The zero-order valence-electron chi connectivity index (χ0n) is 10.0. The van der Waals surface area contributed by atoms with Crippen LogP contribution in [0.3, 0.4) is 0 Å². The van der Waals surface area contributed by atoms with Gasteiger partial charge in [-0.1, -0.05) is 26.2 Å². The van der Waals surface area contributed by atoms with E-state index in [1.807, 2.05) is 0 Å². The number of carbonyl (C=O) groups excluding carboxylic acids is 1. The van der Waals surface area contributed by atoms with E-state index in [9.17, 15) is 4.79 Å². The Labute approximate surface area is 99.5 Å². The van der Waals surface area contributed by atoms with E-state index < -0.39 is 0 Å². The minimum Gasteiger partial charge on any atom is -0.432 e. The third-order valence-corrected chi connectivity index (χ3v) is 3.44. The number of hydrogen-bond donors (Lipinski definition) is 0. The third kappa shape index (κ3) is 5.66. The first-order valence-electron chi connectivity index (χ1n) is 6.11. The molecular formula is C11H22NO3P. The van der Waals surface area contributed by atoms with Gasteiger partial charge in [0.05, 0.1) is 22.0 Å². The molecule has 1 unspecified atom stereocenters. The molecule has 4 nitrogen and oxygen atoms in total. The normalized spacial score (nSPS) is 16.9. The molecule has 0 aromatic rings. The molecule has 94 valence electrons. The highest BCUT2D eigenvalue weighted by atomic mass is 31.1. The van der Waals surface area contributed by atoms with Gasteiger partial charge in [-0.3, -0.25) is 0 Å². The van der Waals surface area contributed by atoms with Gasteiger partial charge in [0.15, 0.2) is 0 Å². The number of nitrogens with zero attached hydrogens (tertiary/aromatic N) is 1. The predicted octanol–water partition coefficient (Wildman–Crippen LogP) is 2.63. The molecule has 0 aromatic carbocycles. The monoisotopic (exact) mass is 247 g/mol. The van der Waals surface area contributed by atoms with Gasteiger partial charge >= 0.3 is 6.09 Å². The summed E-state index contributed by atoms with van der Waals surface area (Å²) in [4.78, 5) is 13.3. The van der Waals surface area contributed by atoms with Gasteiger partial charge in [-0.15, -0.1) is 0 Å². The first-order chi connectivity index (χ1) is 7.84. The third-order valence-electron chi connectivity index (χ3n) is 2.56. The molecule has 1 heterocycles. The van der Waals surface area contributed by atoms with Gasteiger partial charge in [0.1, 0.15) is 0 Å². The first-order valence-corrected chi connectivity index (χ1v) is 7.22. The van der Waals surface area contributed by atoms with Crippen molar-refractivity contribution in [2.24, 2.45) is 0 Å². The second-order valence-electron chi connectivity index (χ2n) is 3.92. The highest BCUT2D eigenvalue weighted by molar-refractivity contribution is 7.32. The molecule has 1 fully saturated rings. The van der Waals surface area contributed by atoms with E-state index in [-0.39, 0.29) is 6.09 Å². The van der Waals surface area contributed by atoms with Crippen LogP contribution in [0.2, 0.25) is 0 Å². The van der Waals surface area contributed by atoms with Crippen molar-refractivity contribution >= 4 is 14.9 Å². The van der Waals surface area contributed by atoms with E-state index in [1.165, 1.54) is 25.7 Å². The lowest BCUT2D eigenvalue weighted by atomic mass is 10.2. The fourth-order valence-electron chi connectivity index (χ4n) is 1.55. The van der Waals surface area contributed by atoms with Crippen LogP contribution in [0.15, 0.2) is 0 Å². The van der Waals surface area contributed by atoms with Crippen molar-refractivity contribution < 1.29 is 14.1 Å². The van der Waals surface area contributed by atoms with Crippen molar-refractivity contribution in [1.29, 1.82) is 0 Å². The van der Waals surface area contributed by atoms with Crippen LogP contribution in [0, 0.1) is 0 Å². The zero-order valence-corrected chi connectivity index (χ0v) is 11.0. The van der Waals surface area contributed by atoms with Crippen LogP contribution in [0.1, 0.15) is 32.6 Å². The molecule has 1 atom stereocenters. The van der Waals surface area contributed by atoms with E-state index >= 15 is 0 Å². The van der Waals surface area contributed by atoms with Crippen molar-refractivity contribution in [2.45, 2.75) is 32.6 Å². The van der Waals surface area contributed by atoms with Crippen molar-refractivity contribution in [2.75, 3.05) is 32.5 Å². The van der Waals surface area contributed by atoms with Crippen molar-refractivity contribution in [3.05, 3.63) is 0 Å². The van der Waals surface area contributed by atoms with Crippen LogP contribution >= 0.6 is 8.81 Å². The highest BCUT2D eigenvalue weighted by Gasteiger charge is 2.17. The minimum absolute atomic E-state index is 0.169. The van der Waals surface area contributed by atoms with Crippen LogP contribution in [0.4, 0.5) is 4.79 Å². The first kappa shape index (κ1) is 13.7. The zero-order chi connectivity index (χ0) is 11.6. The second kappa shape index (κ2) is 8.77. The van der Waals surface area contributed by atoms with Crippen LogP contribution in [0.25, 0.3) is 0 Å². The summed E-state index contributed by atoms with van der Waals surface area (Å²) in [6.07, 6.45) is 5.78. The summed E-state index contributed by atoms with van der Waals surface area (Å²) in [5.41, 5.74) is 0. The maximum absolute atomic E-state index is 11.5. The molecular weight excluding hydrogens is 225 g/mol. The Kier molecular flexibility index (Phi) is 7.52. The molecule has 0 saturated carbocycles. The Bertz CT molecular complexity index is 196. The molecule has 16 heavy (non-hydrogen) atoms. The molecule has 0 spiro atoms. The molecule has 0 N–H and O–H groups in total. The quantitative estimate of drug-likeness (QED) is 0.535. The van der Waals surface area contributed by atoms with Crippen molar-refractivity contribution in [3.63, 3.8) is 0 Å². The van der Waals surface area contributed by atoms with Gasteiger partial charge in [-0.05, 0) is 6.42 Å². The molecule has 0 bridgehead atoms. The van der Waals surface area contributed by atoms with Gasteiger partial charge in [-0.25, -0.2) is 4.79 Å². The standard InChI is InChI=1S/C11H22NO3P/c1-2-3-4-5-10-16-15-11(13)12-6-8-14-9-7-12/h16H,2-10H2,1H3. The van der Waals surface area contributed by atoms with E-state index in [2.05, 4.69) is 6.92 Å². The molecule has 1 saturated heterocycles. The molecule has 1 rings (SSSR count). The maximum atomic E-state index is 11.5. The smallest absolute Gasteiger partial charge is 0.412 e. The van der Waals surface area contributed by atoms with Gasteiger partial charge < -0.3 is 14.2 Å². The lowest BCUT2D eigenvalue weighted by Crippen LogP contribution is -2.40. The predicted molar refractivity (Wildman–Crippen MR) is 66.2 cm³/mol. The number of hydrogen-bond acceptors (Lipinski definition) is 3. The fraction of sp³-hybridized carbons (Fsp3) is 0.909. The van der Waals surface area contributed by atoms with E-state index in [0.29, 0.717) is 35.1 Å². The van der Waals surface area contributed by atoms with Crippen LogP contribution in [-0.4, -0.2) is 43.5 Å². The summed E-state index contributed by atoms with van der Waals surface area (Å²) in [5, 5.41) is 0. The lowest BCUT2D eigenvalue weighted by Gasteiger charge is -2.25. The number of rotatable bonds is 6. The molecule has 0 aromatic heterocycles. The Morgan fingerprint density at radius 1 is 1.31 bits per heavy atom. The molecule has 1 amide bonds. The second-order valence-corrected chi connectivity index (χ2v) is 4.92. The Morgan fingerprint density at radius 2 is 2.06 bits per heavy atom. The van der Waals surface area contributed by atoms with Crippen molar-refractivity contribution in [3.8, 4) is 0 Å². The summed E-state index contributed by atoms with van der Waals surface area (Å²) < 4.78 is 10.4. The maximum Gasteiger partial charge on any atom is 0.412 e. The van der Waals surface area contributed by atoms with E-state index in [1.54, 1.807) is 4.90 Å². The van der Waals surface area contributed by atoms with Crippen LogP contribution in [-0.2, 0) is 9.26 Å². The van der Waals surface area contributed by atoms with Gasteiger partial charge in [0.25, 0.3) is 0 Å². The number of ether oxygens (including phenoxy) is 1. The van der Waals surface area contributed by atoms with E-state index in [0.717, 1.165) is 6.16 Å². The molecule has 1 aliphatic rings. The lowest BCUT2D eigenvalue weighted by molar-refractivity contribution is 0.0430. The minimum atomic E-state index is -0.169. The molecule has 1 aliphatic heterocycles. The number of amides is 1. The van der Waals surface area contributed by atoms with Crippen molar-refractivity contribution in [1.82, 2.24) is 4.90 Å². The average Bonchev–Trinajstić information content (AvgIpc) is 2.34. The Morgan fingerprint density at radius 3 is 2.75 bits per heavy atom. The summed E-state index contributed by atoms with van der Waals surface area (Å²) in [6, 6.07) is 0. The Hall–Kier alpha value is -0.340. The molecule has 0 aliphatic carbocycles. The number of morpholine rings is 1. The average molecular weight is 247 g/mol. The largest absolute Gasteiger partial charge is 0.432 e. The number of unbranched alkanes of at least 4 members (excludes halogenated alkanes) is 3. The SMILES string of the molecule is CCCCCCPOC(=O)N1CCOCC1. The molecule has 0 radical (unpaired) electrons. The molecule has 5 heteroatoms. The van der Waals surface area contributed by atoms with Crippen LogP contribution < -0.4 is 0 Å². The Balaban J connectivity index is 1.97. The summed E-state index contributed by atoms with van der Waals surface area (Å²) in [5.74, 6) is 0. The highest BCUT2D eigenvalue weighted by Crippen LogP contribution is 2.17. The van der Waals surface area contributed by atoms with Gasteiger partial charge in [0, 0.05) is 19.3 Å². The summed E-state index contributed by atoms with van der Waals surface area (Å²) in [7, 11) is 0.316. The fourth-order valence-corrected chi connectivity index (χ4v) is 2.30. The van der Waals surface area contributed by atoms with E-state index in [4.69, 9.17) is 9.26 Å². The summed E-state index contributed by atoms with van der Waals surface area (Å²) in [6.45, 7) is 4.79. The number of carbonyl (C=O) groups is 1. The van der Waals surface area contributed by atoms with Gasteiger partial charge in [0.2, 0.25) is 0 Å². The van der Waals surface area contributed by atoms with Crippen LogP contribution in [0.5, 0.6) is 0 Å². The summed E-state index contributed by atoms with van der Waals surface area (Å²) >= 11 is 0. The topological polar surface area (TPSA) is 38.8 Å².